The second-order valence-corrected chi connectivity index (χ2v) is 4.02. The minimum Gasteiger partial charge on any atom is -0.341 e. The van der Waals surface area contributed by atoms with Crippen molar-refractivity contribution in [3.05, 3.63) is 0 Å². The maximum Gasteiger partial charge on any atom is 0.219 e. The van der Waals surface area contributed by atoms with E-state index in [0.717, 1.165) is 19.0 Å². The molecule has 2 atom stereocenters. The van der Waals surface area contributed by atoms with E-state index in [-0.39, 0.29) is 5.91 Å². The Morgan fingerprint density at radius 2 is 2.17 bits per heavy atom. The fourth-order valence-electron chi connectivity index (χ4n) is 2.43. The number of rotatable bonds is 0. The second kappa shape index (κ2) is 2.73. The van der Waals surface area contributed by atoms with Gasteiger partial charge in [0.25, 0.3) is 0 Å². The first kappa shape index (κ1) is 8.05. The van der Waals surface area contributed by atoms with Gasteiger partial charge in [-0.25, -0.2) is 0 Å². The summed E-state index contributed by atoms with van der Waals surface area (Å²) in [6.07, 6.45) is 1.27. The van der Waals surface area contributed by atoms with E-state index < -0.39 is 0 Å². The van der Waals surface area contributed by atoms with Gasteiger partial charge in [-0.15, -0.1) is 0 Å². The molecule has 2 heterocycles. The van der Waals surface area contributed by atoms with Crippen LogP contribution in [0.25, 0.3) is 0 Å². The summed E-state index contributed by atoms with van der Waals surface area (Å²) in [5, 5.41) is 0. The SMILES string of the molecule is CC(=O)N1CC2CCN(C)C2C1. The van der Waals surface area contributed by atoms with Gasteiger partial charge in [0.05, 0.1) is 0 Å². The van der Waals surface area contributed by atoms with Crippen LogP contribution in [0.15, 0.2) is 0 Å². The third kappa shape index (κ3) is 1.12. The summed E-state index contributed by atoms with van der Waals surface area (Å²) in [4.78, 5) is 15.5. The number of hydrogen-bond acceptors (Lipinski definition) is 2. The molecule has 0 aliphatic carbocycles. The molecule has 2 rings (SSSR count). The van der Waals surface area contributed by atoms with Crippen LogP contribution in [-0.4, -0.2) is 48.4 Å². The van der Waals surface area contributed by atoms with Gasteiger partial charge in [-0.2, -0.15) is 0 Å². The third-order valence-electron chi connectivity index (χ3n) is 3.27. The molecule has 2 unspecified atom stereocenters. The molecule has 0 N–H and O–H groups in total. The summed E-state index contributed by atoms with van der Waals surface area (Å²) in [6.45, 7) is 4.82. The number of amides is 1. The highest BCUT2D eigenvalue weighted by molar-refractivity contribution is 5.73. The van der Waals surface area contributed by atoms with E-state index in [0.29, 0.717) is 6.04 Å². The molecular formula is C9H16N2O. The van der Waals surface area contributed by atoms with Crippen molar-refractivity contribution in [3.8, 4) is 0 Å². The summed E-state index contributed by atoms with van der Waals surface area (Å²) >= 11 is 0. The molecule has 2 aliphatic rings. The molecule has 3 nitrogen and oxygen atoms in total. The van der Waals surface area contributed by atoms with E-state index in [1.165, 1.54) is 13.0 Å². The molecule has 1 amide bonds. The number of nitrogens with zero attached hydrogens (tertiary/aromatic N) is 2. The zero-order valence-corrected chi connectivity index (χ0v) is 7.79. The van der Waals surface area contributed by atoms with Crippen LogP contribution in [0, 0.1) is 5.92 Å². The van der Waals surface area contributed by atoms with Crippen LogP contribution in [0.4, 0.5) is 0 Å². The smallest absolute Gasteiger partial charge is 0.219 e. The van der Waals surface area contributed by atoms with Crippen LogP contribution < -0.4 is 0 Å². The highest BCUT2D eigenvalue weighted by Gasteiger charge is 2.40. The number of fused-ring (bicyclic) bond motifs is 1. The predicted octanol–water partition coefficient (Wildman–Crippen LogP) is 0.169. The fourth-order valence-corrected chi connectivity index (χ4v) is 2.43. The average molecular weight is 168 g/mol. The Hall–Kier alpha value is -0.570. The Bertz CT molecular complexity index is 205. The van der Waals surface area contributed by atoms with Crippen molar-refractivity contribution in [1.82, 2.24) is 9.80 Å². The van der Waals surface area contributed by atoms with Gasteiger partial charge in [0, 0.05) is 26.1 Å². The number of likely N-dealkylation sites (tertiary alicyclic amines) is 2. The largest absolute Gasteiger partial charge is 0.341 e. The first-order chi connectivity index (χ1) is 5.68. The molecule has 0 bridgehead atoms. The number of carbonyl (C=O) groups excluding carboxylic acids is 1. The second-order valence-electron chi connectivity index (χ2n) is 4.02. The van der Waals surface area contributed by atoms with Gasteiger partial charge < -0.3 is 9.80 Å². The van der Waals surface area contributed by atoms with Crippen molar-refractivity contribution in [2.75, 3.05) is 26.7 Å². The van der Waals surface area contributed by atoms with Crippen molar-refractivity contribution in [2.45, 2.75) is 19.4 Å². The monoisotopic (exact) mass is 168 g/mol. The van der Waals surface area contributed by atoms with Crippen LogP contribution in [0.3, 0.4) is 0 Å². The Morgan fingerprint density at radius 1 is 1.42 bits per heavy atom. The lowest BCUT2D eigenvalue weighted by Crippen LogP contribution is -2.33. The Balaban J connectivity index is 2.03. The summed E-state index contributed by atoms with van der Waals surface area (Å²) in [7, 11) is 2.16. The Morgan fingerprint density at radius 3 is 2.75 bits per heavy atom. The first-order valence-electron chi connectivity index (χ1n) is 4.64. The van der Waals surface area contributed by atoms with Gasteiger partial charge in [-0.1, -0.05) is 0 Å². The molecule has 68 valence electrons. The molecule has 12 heavy (non-hydrogen) atoms. The third-order valence-corrected chi connectivity index (χ3v) is 3.27. The van der Waals surface area contributed by atoms with E-state index in [1.807, 2.05) is 4.90 Å². The molecule has 2 aliphatic heterocycles. The van der Waals surface area contributed by atoms with E-state index in [4.69, 9.17) is 0 Å². The van der Waals surface area contributed by atoms with Crippen molar-refractivity contribution < 1.29 is 4.79 Å². The molecule has 0 aromatic heterocycles. The van der Waals surface area contributed by atoms with Gasteiger partial charge in [0.15, 0.2) is 0 Å². The number of carbonyl (C=O) groups is 1. The Labute approximate surface area is 73.3 Å². The van der Waals surface area contributed by atoms with Crippen molar-refractivity contribution in [1.29, 1.82) is 0 Å². The predicted molar refractivity (Wildman–Crippen MR) is 46.8 cm³/mol. The topological polar surface area (TPSA) is 23.6 Å². The maximum atomic E-state index is 11.1. The zero-order chi connectivity index (χ0) is 8.72. The molecule has 2 fully saturated rings. The van der Waals surface area contributed by atoms with E-state index in [2.05, 4.69) is 11.9 Å². The highest BCUT2D eigenvalue weighted by atomic mass is 16.2. The zero-order valence-electron chi connectivity index (χ0n) is 7.79. The molecule has 0 saturated carbocycles. The minimum absolute atomic E-state index is 0.234. The van der Waals surface area contributed by atoms with Crippen LogP contribution in [0.1, 0.15) is 13.3 Å². The number of hydrogen-bond donors (Lipinski definition) is 0. The van der Waals surface area contributed by atoms with E-state index in [1.54, 1.807) is 6.92 Å². The average Bonchev–Trinajstić information content (AvgIpc) is 2.53. The highest BCUT2D eigenvalue weighted by Crippen LogP contribution is 2.29. The van der Waals surface area contributed by atoms with Gasteiger partial charge in [-0.05, 0) is 25.9 Å². The minimum atomic E-state index is 0.234. The van der Waals surface area contributed by atoms with Crippen LogP contribution in [0.5, 0.6) is 0 Å². The molecule has 0 aromatic carbocycles. The first-order valence-corrected chi connectivity index (χ1v) is 4.64. The molecule has 0 aromatic rings. The standard InChI is InChI=1S/C9H16N2O/c1-7(12)11-5-8-3-4-10(2)9(8)6-11/h8-9H,3-6H2,1-2H3. The maximum absolute atomic E-state index is 11.1. The van der Waals surface area contributed by atoms with Crippen LogP contribution in [0.2, 0.25) is 0 Å². The van der Waals surface area contributed by atoms with Crippen molar-refractivity contribution in [2.24, 2.45) is 5.92 Å². The fraction of sp³-hybridized carbons (Fsp3) is 0.889. The van der Waals surface area contributed by atoms with Gasteiger partial charge in [-0.3, -0.25) is 4.79 Å². The summed E-state index contributed by atoms with van der Waals surface area (Å²) in [5.74, 6) is 0.983. The lowest BCUT2D eigenvalue weighted by atomic mass is 10.1. The molecule has 0 spiro atoms. The molecule has 0 radical (unpaired) electrons. The molecular weight excluding hydrogens is 152 g/mol. The molecule has 2 saturated heterocycles. The van der Waals surface area contributed by atoms with E-state index in [9.17, 15) is 4.79 Å². The lowest BCUT2D eigenvalue weighted by molar-refractivity contribution is -0.128. The Kier molecular flexibility index (Phi) is 1.83. The van der Waals surface area contributed by atoms with Gasteiger partial charge in [0.1, 0.15) is 0 Å². The van der Waals surface area contributed by atoms with Crippen LogP contribution >= 0.6 is 0 Å². The lowest BCUT2D eigenvalue weighted by Gasteiger charge is -2.19. The van der Waals surface area contributed by atoms with Gasteiger partial charge >= 0.3 is 0 Å². The van der Waals surface area contributed by atoms with Gasteiger partial charge in [0.2, 0.25) is 5.91 Å². The number of likely N-dealkylation sites (N-methyl/N-ethyl adjacent to an activating group) is 1. The van der Waals surface area contributed by atoms with E-state index >= 15 is 0 Å². The van der Waals surface area contributed by atoms with Crippen molar-refractivity contribution in [3.63, 3.8) is 0 Å². The quantitative estimate of drug-likeness (QED) is 0.515. The normalized spacial score (nSPS) is 35.7. The summed E-state index contributed by atoms with van der Waals surface area (Å²) in [5.41, 5.74) is 0. The summed E-state index contributed by atoms with van der Waals surface area (Å²) in [6, 6.07) is 0.647. The van der Waals surface area contributed by atoms with Crippen molar-refractivity contribution >= 4 is 5.91 Å². The van der Waals surface area contributed by atoms with Crippen LogP contribution in [-0.2, 0) is 4.79 Å². The molecule has 3 heteroatoms. The summed E-state index contributed by atoms with van der Waals surface area (Å²) < 4.78 is 0.